The van der Waals surface area contributed by atoms with Crippen LogP contribution in [0.3, 0.4) is 0 Å². The monoisotopic (exact) mass is 494 g/mol. The Labute approximate surface area is 200 Å². The van der Waals surface area contributed by atoms with E-state index in [1.807, 2.05) is 24.4 Å². The molecule has 1 fully saturated rings. The van der Waals surface area contributed by atoms with Crippen molar-refractivity contribution in [1.82, 2.24) is 25.4 Å². The lowest BCUT2D eigenvalue weighted by molar-refractivity contribution is -0.180. The van der Waals surface area contributed by atoms with E-state index in [4.69, 9.17) is 0 Å². The summed E-state index contributed by atoms with van der Waals surface area (Å²) in [6.45, 7) is 2.54. The van der Waals surface area contributed by atoms with Gasteiger partial charge in [0, 0.05) is 42.8 Å². The molecule has 2 unspecified atom stereocenters. The number of anilines is 1. The Hall–Kier alpha value is -2.66. The molecule has 3 heterocycles. The fourth-order valence-electron chi connectivity index (χ4n) is 4.32. The van der Waals surface area contributed by atoms with Crippen molar-refractivity contribution in [2.24, 2.45) is 0 Å². The molecule has 1 amide bonds. The highest BCUT2D eigenvalue weighted by molar-refractivity contribution is 7.17. The smallest absolute Gasteiger partial charge is 0.361 e. The van der Waals surface area contributed by atoms with Crippen LogP contribution in [0, 0.1) is 0 Å². The van der Waals surface area contributed by atoms with E-state index in [2.05, 4.69) is 33.5 Å². The zero-order chi connectivity index (χ0) is 24.3. The summed E-state index contributed by atoms with van der Waals surface area (Å²) in [6, 6.07) is 6.38. The maximum absolute atomic E-state index is 13.3. The van der Waals surface area contributed by atoms with Gasteiger partial charge in [-0.3, -0.25) is 9.69 Å². The van der Waals surface area contributed by atoms with Crippen LogP contribution in [0.2, 0.25) is 0 Å². The number of nitrogens with one attached hydrogen (secondary N) is 2. The van der Waals surface area contributed by atoms with E-state index in [0.29, 0.717) is 18.1 Å². The number of aromatic amines is 1. The molecule has 0 spiro atoms. The maximum Gasteiger partial charge on any atom is 0.405 e. The molecule has 0 bridgehead atoms. The summed E-state index contributed by atoms with van der Waals surface area (Å²) in [4.78, 5) is 19.1. The Morgan fingerprint density at radius 1 is 1.29 bits per heavy atom. The number of piperazine rings is 1. The van der Waals surface area contributed by atoms with Crippen LogP contribution in [0.15, 0.2) is 30.5 Å². The summed E-state index contributed by atoms with van der Waals surface area (Å²) >= 11 is 1.04. The van der Waals surface area contributed by atoms with Crippen molar-refractivity contribution >= 4 is 33.3 Å². The lowest BCUT2D eigenvalue weighted by atomic mass is 10.0. The SMILES string of the molecule is CCCCC(Cc1c[nH]c2ccccc12)NC(=O)c1nnc(N2CCN(C)C(C(F)(F)F)C2)s1. The minimum atomic E-state index is -4.33. The van der Waals surface area contributed by atoms with Gasteiger partial charge in [-0.1, -0.05) is 49.3 Å². The molecule has 0 saturated carbocycles. The van der Waals surface area contributed by atoms with Crippen LogP contribution < -0.4 is 10.2 Å². The van der Waals surface area contributed by atoms with Crippen LogP contribution in [0.5, 0.6) is 0 Å². The standard InChI is InChI=1S/C23H29F3N6OS/c1-3-4-7-16(12-15-13-27-18-9-6-5-8-17(15)18)28-20(33)21-29-30-22(34-21)32-11-10-31(2)19(14-32)23(24,25)26/h5-6,8-9,13,16,19,27H,3-4,7,10-12,14H2,1-2H3,(H,28,33). The second-order valence-electron chi connectivity index (χ2n) is 8.75. The molecule has 2 atom stereocenters. The van der Waals surface area contributed by atoms with Gasteiger partial charge in [0.15, 0.2) is 0 Å². The Morgan fingerprint density at radius 2 is 2.09 bits per heavy atom. The minimum Gasteiger partial charge on any atom is -0.361 e. The van der Waals surface area contributed by atoms with E-state index in [9.17, 15) is 18.0 Å². The van der Waals surface area contributed by atoms with Gasteiger partial charge in [-0.15, -0.1) is 10.2 Å². The number of alkyl halides is 3. The fourth-order valence-corrected chi connectivity index (χ4v) is 5.11. The van der Waals surface area contributed by atoms with Gasteiger partial charge < -0.3 is 15.2 Å². The number of halogens is 3. The van der Waals surface area contributed by atoms with Crippen molar-refractivity contribution in [3.63, 3.8) is 0 Å². The summed E-state index contributed by atoms with van der Waals surface area (Å²) < 4.78 is 40.0. The number of hydrogen-bond donors (Lipinski definition) is 2. The third-order valence-corrected chi connectivity index (χ3v) is 7.27. The summed E-state index contributed by atoms with van der Waals surface area (Å²) in [5.74, 6) is -0.341. The molecule has 0 aliphatic carbocycles. The van der Waals surface area contributed by atoms with Crippen molar-refractivity contribution in [1.29, 1.82) is 0 Å². The normalized spacial score (nSPS) is 18.4. The Bertz CT molecular complexity index is 1110. The van der Waals surface area contributed by atoms with E-state index in [1.165, 1.54) is 11.9 Å². The molecule has 3 aromatic rings. The van der Waals surface area contributed by atoms with Crippen molar-refractivity contribution in [2.75, 3.05) is 31.6 Å². The van der Waals surface area contributed by atoms with Gasteiger partial charge in [-0.05, 0) is 31.5 Å². The number of nitrogens with zero attached hydrogens (tertiary/aromatic N) is 4. The number of para-hydroxylation sites is 1. The fraction of sp³-hybridized carbons (Fsp3) is 0.522. The van der Waals surface area contributed by atoms with Crippen molar-refractivity contribution in [2.45, 2.75) is 50.9 Å². The van der Waals surface area contributed by atoms with Crippen LogP contribution in [-0.4, -0.2) is 70.9 Å². The number of H-pyrrole nitrogens is 1. The number of likely N-dealkylation sites (N-methyl/N-ethyl adjacent to an activating group) is 1. The number of carbonyl (C=O) groups is 1. The van der Waals surface area contributed by atoms with Gasteiger partial charge in [0.05, 0.1) is 0 Å². The van der Waals surface area contributed by atoms with Gasteiger partial charge >= 0.3 is 6.18 Å². The lowest BCUT2D eigenvalue weighted by Gasteiger charge is -2.39. The third kappa shape index (κ3) is 5.52. The first-order valence-electron chi connectivity index (χ1n) is 11.5. The zero-order valence-corrected chi connectivity index (χ0v) is 20.0. The molecule has 2 aromatic heterocycles. The molecular formula is C23H29F3N6OS. The number of aromatic nitrogens is 3. The molecule has 4 rings (SSSR count). The molecular weight excluding hydrogens is 465 g/mol. The molecule has 2 N–H and O–H groups in total. The molecule has 1 aliphatic rings. The minimum absolute atomic E-state index is 0.0859. The first-order chi connectivity index (χ1) is 16.3. The highest BCUT2D eigenvalue weighted by Crippen LogP contribution is 2.30. The average molecular weight is 495 g/mol. The van der Waals surface area contributed by atoms with E-state index in [0.717, 1.165) is 47.1 Å². The molecule has 0 radical (unpaired) electrons. The largest absolute Gasteiger partial charge is 0.405 e. The molecule has 34 heavy (non-hydrogen) atoms. The summed E-state index contributed by atoms with van der Waals surface area (Å²) in [5, 5.41) is 12.7. The molecule has 1 saturated heterocycles. The molecule has 7 nitrogen and oxygen atoms in total. The predicted molar refractivity (Wildman–Crippen MR) is 127 cm³/mol. The van der Waals surface area contributed by atoms with E-state index in [1.54, 1.807) is 4.90 Å². The molecule has 184 valence electrons. The van der Waals surface area contributed by atoms with Crippen LogP contribution >= 0.6 is 11.3 Å². The van der Waals surface area contributed by atoms with Gasteiger partial charge in [0.25, 0.3) is 5.91 Å². The Morgan fingerprint density at radius 3 is 2.85 bits per heavy atom. The second-order valence-corrected chi connectivity index (χ2v) is 9.71. The second kappa shape index (κ2) is 10.3. The number of benzene rings is 1. The van der Waals surface area contributed by atoms with Gasteiger partial charge in [-0.2, -0.15) is 13.2 Å². The summed E-state index contributed by atoms with van der Waals surface area (Å²) in [5.41, 5.74) is 2.18. The average Bonchev–Trinajstić information content (AvgIpc) is 3.45. The quantitative estimate of drug-likeness (QED) is 0.490. The maximum atomic E-state index is 13.3. The number of fused-ring (bicyclic) bond motifs is 1. The van der Waals surface area contributed by atoms with Crippen molar-refractivity contribution < 1.29 is 18.0 Å². The number of amides is 1. The summed E-state index contributed by atoms with van der Waals surface area (Å²) in [6.07, 6.45) is 1.12. The van der Waals surface area contributed by atoms with Crippen LogP contribution in [0.1, 0.15) is 41.6 Å². The van der Waals surface area contributed by atoms with Crippen LogP contribution in [0.4, 0.5) is 18.3 Å². The highest BCUT2D eigenvalue weighted by Gasteiger charge is 2.45. The van der Waals surface area contributed by atoms with Crippen molar-refractivity contribution in [3.05, 3.63) is 41.0 Å². The predicted octanol–water partition coefficient (Wildman–Crippen LogP) is 4.23. The van der Waals surface area contributed by atoms with Crippen LogP contribution in [-0.2, 0) is 6.42 Å². The zero-order valence-electron chi connectivity index (χ0n) is 19.2. The highest BCUT2D eigenvalue weighted by atomic mass is 32.1. The first kappa shape index (κ1) is 24.5. The van der Waals surface area contributed by atoms with Gasteiger partial charge in [0.2, 0.25) is 10.1 Å². The van der Waals surface area contributed by atoms with Gasteiger partial charge in [0.1, 0.15) is 6.04 Å². The Balaban J connectivity index is 1.44. The number of rotatable bonds is 8. The lowest BCUT2D eigenvalue weighted by Crippen LogP contribution is -2.57. The first-order valence-corrected chi connectivity index (χ1v) is 12.3. The van der Waals surface area contributed by atoms with E-state index >= 15 is 0 Å². The topological polar surface area (TPSA) is 77.1 Å². The molecule has 1 aromatic carbocycles. The van der Waals surface area contributed by atoms with Crippen molar-refractivity contribution in [3.8, 4) is 0 Å². The third-order valence-electron chi connectivity index (χ3n) is 6.29. The van der Waals surface area contributed by atoms with E-state index in [-0.39, 0.29) is 30.0 Å². The summed E-state index contributed by atoms with van der Waals surface area (Å²) in [7, 11) is 1.47. The van der Waals surface area contributed by atoms with E-state index < -0.39 is 12.2 Å². The molecule has 11 heteroatoms. The Kier molecular flexibility index (Phi) is 7.42. The molecule has 1 aliphatic heterocycles. The number of unbranched alkanes of at least 4 members (excludes halogenated alkanes) is 1. The van der Waals surface area contributed by atoms with Gasteiger partial charge in [-0.25, -0.2) is 0 Å². The number of carbonyl (C=O) groups excluding carboxylic acids is 1. The van der Waals surface area contributed by atoms with Crippen LogP contribution in [0.25, 0.3) is 10.9 Å². The number of hydrogen-bond acceptors (Lipinski definition) is 6.